The summed E-state index contributed by atoms with van der Waals surface area (Å²) in [7, 11) is 1.61. The third-order valence-electron chi connectivity index (χ3n) is 3.33. The van der Waals surface area contributed by atoms with Gasteiger partial charge in [-0.1, -0.05) is 11.1 Å². The summed E-state index contributed by atoms with van der Waals surface area (Å²) in [4.78, 5) is 12.7. The number of methoxy groups -OCH3 is 1. The van der Waals surface area contributed by atoms with E-state index in [1.165, 1.54) is 4.68 Å². The largest absolute Gasteiger partial charge is 0.497 e. The van der Waals surface area contributed by atoms with Crippen LogP contribution in [0.3, 0.4) is 0 Å². The molecule has 0 unspecified atom stereocenters. The average Bonchev–Trinajstić information content (AvgIpc) is 2.46. The van der Waals surface area contributed by atoms with Gasteiger partial charge in [0.1, 0.15) is 5.75 Å². The number of hydrogen-bond acceptors (Lipinski definition) is 3. The molecule has 0 N–H and O–H groups in total. The molecule has 0 spiro atoms. The van der Waals surface area contributed by atoms with Crippen LogP contribution in [0.25, 0.3) is 16.8 Å². The Labute approximate surface area is 124 Å². The molecule has 0 amide bonds. The molecule has 1 aromatic heterocycles. The highest BCUT2D eigenvalue weighted by Crippen LogP contribution is 2.12. The van der Waals surface area contributed by atoms with Crippen LogP contribution in [0.5, 0.6) is 5.75 Å². The summed E-state index contributed by atoms with van der Waals surface area (Å²) in [6.45, 7) is 7.87. The van der Waals surface area contributed by atoms with Crippen LogP contribution in [0.2, 0.25) is 0 Å². The average molecular weight is 284 g/mol. The Morgan fingerprint density at radius 3 is 2.14 bits per heavy atom. The maximum absolute atomic E-state index is 12.7. The van der Waals surface area contributed by atoms with Gasteiger partial charge in [0.25, 0.3) is 5.56 Å². The zero-order valence-corrected chi connectivity index (χ0v) is 13.1. The van der Waals surface area contributed by atoms with E-state index in [2.05, 4.69) is 5.10 Å². The first kappa shape index (κ1) is 15.0. The Kier molecular flexibility index (Phi) is 4.26. The molecule has 0 aliphatic heterocycles. The standard InChI is InChI=1S/C17H20N2O2/c1-11(2)15-10-18-19(17(20)16(15)12(3)4)13-6-8-14(21-5)9-7-13/h6-10H,1-5H3. The van der Waals surface area contributed by atoms with Crippen molar-refractivity contribution in [2.24, 2.45) is 0 Å². The number of benzene rings is 1. The van der Waals surface area contributed by atoms with Crippen LogP contribution in [0.1, 0.15) is 27.7 Å². The summed E-state index contributed by atoms with van der Waals surface area (Å²) < 4.78 is 6.56. The van der Waals surface area contributed by atoms with Gasteiger partial charge in [0.2, 0.25) is 0 Å². The molecule has 21 heavy (non-hydrogen) atoms. The molecule has 0 saturated heterocycles. The maximum Gasteiger partial charge on any atom is 0.279 e. The fourth-order valence-electron chi connectivity index (χ4n) is 2.22. The van der Waals surface area contributed by atoms with Crippen molar-refractivity contribution in [1.29, 1.82) is 0 Å². The van der Waals surface area contributed by atoms with Crippen molar-refractivity contribution >= 4 is 11.1 Å². The number of hydrogen-bond donors (Lipinski definition) is 0. The van der Waals surface area contributed by atoms with Gasteiger partial charge in [-0.25, -0.2) is 0 Å². The number of rotatable bonds is 2. The van der Waals surface area contributed by atoms with Crippen molar-refractivity contribution in [3.05, 3.63) is 51.3 Å². The normalized spacial score (nSPS) is 10.3. The van der Waals surface area contributed by atoms with Crippen LogP contribution < -0.4 is 20.7 Å². The lowest BCUT2D eigenvalue weighted by atomic mass is 10.1. The van der Waals surface area contributed by atoms with Crippen LogP contribution in [0.15, 0.2) is 35.3 Å². The second kappa shape index (κ2) is 5.95. The highest BCUT2D eigenvalue weighted by atomic mass is 16.5. The van der Waals surface area contributed by atoms with Gasteiger partial charge in [0, 0.05) is 10.4 Å². The molecule has 4 heteroatoms. The summed E-state index contributed by atoms with van der Waals surface area (Å²) in [5.41, 5.74) is 2.70. The minimum absolute atomic E-state index is 0.0983. The van der Waals surface area contributed by atoms with E-state index in [-0.39, 0.29) is 5.56 Å². The quantitative estimate of drug-likeness (QED) is 0.842. The van der Waals surface area contributed by atoms with E-state index >= 15 is 0 Å². The second-order valence-corrected chi connectivity index (χ2v) is 5.35. The van der Waals surface area contributed by atoms with Gasteiger partial charge < -0.3 is 4.74 Å². The number of nitrogens with zero attached hydrogens (tertiary/aromatic N) is 2. The van der Waals surface area contributed by atoms with E-state index in [0.717, 1.165) is 33.0 Å². The molecule has 0 radical (unpaired) electrons. The van der Waals surface area contributed by atoms with Crippen LogP contribution in [0.4, 0.5) is 0 Å². The van der Waals surface area contributed by atoms with Gasteiger partial charge >= 0.3 is 0 Å². The summed E-state index contributed by atoms with van der Waals surface area (Å²) >= 11 is 0. The predicted molar refractivity (Wildman–Crippen MR) is 85.1 cm³/mol. The lowest BCUT2D eigenvalue weighted by Gasteiger charge is -2.07. The Morgan fingerprint density at radius 1 is 1.05 bits per heavy atom. The molecule has 0 aliphatic carbocycles. The van der Waals surface area contributed by atoms with Gasteiger partial charge in [0.05, 0.1) is 19.0 Å². The first-order valence-corrected chi connectivity index (χ1v) is 6.83. The lowest BCUT2D eigenvalue weighted by molar-refractivity contribution is 0.414. The van der Waals surface area contributed by atoms with Gasteiger partial charge in [0.15, 0.2) is 0 Å². The molecule has 0 saturated carbocycles. The fourth-order valence-corrected chi connectivity index (χ4v) is 2.22. The van der Waals surface area contributed by atoms with Crippen LogP contribution in [-0.4, -0.2) is 16.9 Å². The van der Waals surface area contributed by atoms with Crippen LogP contribution in [0, 0.1) is 0 Å². The summed E-state index contributed by atoms with van der Waals surface area (Å²) in [5, 5.41) is 5.93. The Balaban J connectivity index is 2.79. The topological polar surface area (TPSA) is 44.1 Å². The number of aromatic nitrogens is 2. The van der Waals surface area contributed by atoms with E-state index in [9.17, 15) is 4.79 Å². The highest BCUT2D eigenvalue weighted by Gasteiger charge is 2.05. The molecule has 0 atom stereocenters. The summed E-state index contributed by atoms with van der Waals surface area (Å²) in [5.74, 6) is 0.750. The second-order valence-electron chi connectivity index (χ2n) is 5.35. The molecule has 110 valence electrons. The predicted octanol–water partition coefficient (Wildman–Crippen LogP) is 1.62. The Hall–Kier alpha value is -2.36. The molecule has 0 bridgehead atoms. The van der Waals surface area contributed by atoms with E-state index in [0.29, 0.717) is 0 Å². The highest BCUT2D eigenvalue weighted by molar-refractivity contribution is 5.46. The van der Waals surface area contributed by atoms with Gasteiger partial charge in [-0.2, -0.15) is 9.78 Å². The van der Waals surface area contributed by atoms with Crippen molar-refractivity contribution < 1.29 is 4.74 Å². The molecule has 4 nitrogen and oxygen atoms in total. The van der Waals surface area contributed by atoms with Crippen molar-refractivity contribution in [2.45, 2.75) is 27.7 Å². The van der Waals surface area contributed by atoms with Crippen molar-refractivity contribution in [3.63, 3.8) is 0 Å². The monoisotopic (exact) mass is 284 g/mol. The Morgan fingerprint density at radius 2 is 1.67 bits per heavy atom. The lowest BCUT2D eigenvalue weighted by Crippen LogP contribution is -2.47. The van der Waals surface area contributed by atoms with Crippen molar-refractivity contribution in [3.8, 4) is 11.4 Å². The van der Waals surface area contributed by atoms with Gasteiger partial charge in [-0.05, 0) is 52.0 Å². The molecular weight excluding hydrogens is 264 g/mol. The molecule has 0 fully saturated rings. The van der Waals surface area contributed by atoms with E-state index in [4.69, 9.17) is 4.74 Å². The third-order valence-corrected chi connectivity index (χ3v) is 3.33. The molecule has 1 heterocycles. The first-order valence-electron chi connectivity index (χ1n) is 6.83. The zero-order chi connectivity index (χ0) is 15.6. The van der Waals surface area contributed by atoms with Crippen LogP contribution in [-0.2, 0) is 0 Å². The molecule has 0 aliphatic rings. The SMILES string of the molecule is COc1ccc(-n2ncc(=C(C)C)c(=C(C)C)c2=O)cc1. The zero-order valence-electron chi connectivity index (χ0n) is 13.1. The van der Waals surface area contributed by atoms with E-state index in [1.54, 1.807) is 13.3 Å². The smallest absolute Gasteiger partial charge is 0.279 e. The minimum atomic E-state index is -0.0983. The van der Waals surface area contributed by atoms with E-state index < -0.39 is 0 Å². The summed E-state index contributed by atoms with van der Waals surface area (Å²) in [6, 6.07) is 7.28. The Bertz CT molecular complexity index is 823. The van der Waals surface area contributed by atoms with Gasteiger partial charge in [-0.15, -0.1) is 0 Å². The summed E-state index contributed by atoms with van der Waals surface area (Å²) in [6.07, 6.45) is 1.75. The first-order chi connectivity index (χ1) is 9.95. The molecular formula is C17H20N2O2. The van der Waals surface area contributed by atoms with Crippen LogP contribution >= 0.6 is 0 Å². The molecule has 2 aromatic rings. The van der Waals surface area contributed by atoms with Gasteiger partial charge in [-0.3, -0.25) is 4.79 Å². The number of ether oxygens (including phenoxy) is 1. The van der Waals surface area contributed by atoms with Crippen molar-refractivity contribution in [2.75, 3.05) is 7.11 Å². The molecule has 2 rings (SSSR count). The minimum Gasteiger partial charge on any atom is -0.497 e. The fraction of sp³-hybridized carbons (Fsp3) is 0.294. The molecule has 1 aromatic carbocycles. The maximum atomic E-state index is 12.7. The third kappa shape index (κ3) is 2.89. The van der Waals surface area contributed by atoms with Crippen molar-refractivity contribution in [1.82, 2.24) is 9.78 Å². The van der Waals surface area contributed by atoms with E-state index in [1.807, 2.05) is 52.0 Å².